The van der Waals surface area contributed by atoms with Crippen molar-refractivity contribution < 1.29 is 14.6 Å². The predicted molar refractivity (Wildman–Crippen MR) is 70.3 cm³/mol. The van der Waals surface area contributed by atoms with Gasteiger partial charge in [-0.15, -0.1) is 11.3 Å². The number of thiazole rings is 1. The average molecular weight is 265 g/mol. The summed E-state index contributed by atoms with van der Waals surface area (Å²) in [5.41, 5.74) is 2.54. The van der Waals surface area contributed by atoms with Crippen LogP contribution in [0.15, 0.2) is 29.9 Å². The maximum atomic E-state index is 10.2. The number of ether oxygens (including phenoxy) is 2. The number of hydrogen-bond donors (Lipinski definition) is 1. The maximum absolute atomic E-state index is 10.2. The van der Waals surface area contributed by atoms with Gasteiger partial charge in [-0.3, -0.25) is 4.98 Å². The summed E-state index contributed by atoms with van der Waals surface area (Å²) < 4.78 is 10.4. The Labute approximate surface area is 110 Å². The van der Waals surface area contributed by atoms with Gasteiger partial charge < -0.3 is 14.6 Å². The summed E-state index contributed by atoms with van der Waals surface area (Å²) in [6.45, 7) is 0. The zero-order valence-electron chi connectivity index (χ0n) is 10.3. The first-order valence-electron chi connectivity index (χ1n) is 5.51. The van der Waals surface area contributed by atoms with Gasteiger partial charge in [0.15, 0.2) is 0 Å². The fraction of sp³-hybridized carbons (Fsp3) is 0.308. The van der Waals surface area contributed by atoms with Crippen LogP contribution in [0.2, 0.25) is 0 Å². The Bertz CT molecular complexity index is 477. The van der Waals surface area contributed by atoms with Gasteiger partial charge in [0.25, 0.3) is 0 Å². The molecule has 0 fully saturated rings. The largest absolute Gasteiger partial charge is 0.497 e. The van der Waals surface area contributed by atoms with Gasteiger partial charge in [-0.2, -0.15) is 0 Å². The Hall–Kier alpha value is -1.59. The fourth-order valence-electron chi connectivity index (χ4n) is 1.67. The van der Waals surface area contributed by atoms with Crippen molar-refractivity contribution in [2.75, 3.05) is 14.2 Å². The van der Waals surface area contributed by atoms with E-state index in [2.05, 4.69) is 4.98 Å². The first kappa shape index (κ1) is 12.9. The van der Waals surface area contributed by atoms with Gasteiger partial charge in [0, 0.05) is 23.6 Å². The lowest BCUT2D eigenvalue weighted by Gasteiger charge is -2.13. The van der Waals surface area contributed by atoms with Crippen molar-refractivity contribution in [3.05, 3.63) is 40.3 Å². The van der Waals surface area contributed by atoms with Crippen LogP contribution in [0.3, 0.4) is 0 Å². The van der Waals surface area contributed by atoms with E-state index in [9.17, 15) is 5.11 Å². The second kappa shape index (κ2) is 5.84. The Morgan fingerprint density at radius 3 is 2.39 bits per heavy atom. The highest BCUT2D eigenvalue weighted by Crippen LogP contribution is 2.28. The van der Waals surface area contributed by atoms with Crippen molar-refractivity contribution in [3.63, 3.8) is 0 Å². The number of nitrogens with zero attached hydrogens (tertiary/aromatic N) is 1. The van der Waals surface area contributed by atoms with Crippen LogP contribution in [0.1, 0.15) is 16.5 Å². The molecule has 0 spiro atoms. The number of methoxy groups -OCH3 is 2. The summed E-state index contributed by atoms with van der Waals surface area (Å²) in [6.07, 6.45) is 1.72. The second-order valence-corrected chi connectivity index (χ2v) is 4.80. The Morgan fingerprint density at radius 2 is 1.89 bits per heavy atom. The molecule has 0 bridgehead atoms. The lowest BCUT2D eigenvalue weighted by Crippen LogP contribution is -2.01. The fourth-order valence-corrected chi connectivity index (χ4v) is 2.31. The van der Waals surface area contributed by atoms with Gasteiger partial charge in [0.1, 0.15) is 11.5 Å². The van der Waals surface area contributed by atoms with Crippen molar-refractivity contribution in [2.24, 2.45) is 0 Å². The lowest BCUT2D eigenvalue weighted by atomic mass is 10.1. The van der Waals surface area contributed by atoms with Gasteiger partial charge >= 0.3 is 0 Å². The molecule has 4 nitrogen and oxygen atoms in total. The van der Waals surface area contributed by atoms with Crippen LogP contribution in [0, 0.1) is 0 Å². The van der Waals surface area contributed by atoms with E-state index < -0.39 is 6.10 Å². The molecule has 1 aromatic heterocycles. The molecule has 2 rings (SSSR count). The number of aromatic nitrogens is 1. The van der Waals surface area contributed by atoms with Gasteiger partial charge in [-0.25, -0.2) is 0 Å². The molecule has 96 valence electrons. The van der Waals surface area contributed by atoms with Crippen LogP contribution >= 0.6 is 11.3 Å². The topological polar surface area (TPSA) is 51.6 Å². The summed E-state index contributed by atoms with van der Waals surface area (Å²) in [5, 5.41) is 10.2. The molecule has 1 heterocycles. The third-order valence-electron chi connectivity index (χ3n) is 2.64. The molecule has 0 aliphatic carbocycles. The van der Waals surface area contributed by atoms with Crippen LogP contribution in [-0.4, -0.2) is 24.3 Å². The van der Waals surface area contributed by atoms with Crippen molar-refractivity contribution in [1.29, 1.82) is 0 Å². The maximum Gasteiger partial charge on any atom is 0.122 e. The minimum absolute atomic E-state index is 0.543. The molecule has 18 heavy (non-hydrogen) atoms. The van der Waals surface area contributed by atoms with Gasteiger partial charge in [0.05, 0.1) is 25.8 Å². The Balaban J connectivity index is 2.20. The highest BCUT2D eigenvalue weighted by atomic mass is 32.1. The minimum Gasteiger partial charge on any atom is -0.497 e. The molecule has 1 aromatic carbocycles. The standard InChI is InChI=1S/C13H15NO3S/c1-16-10-3-9(4-11(5-10)17-2)13(15)6-12-7-14-8-18-12/h3-5,7-8,13,15H,6H2,1-2H3. The summed E-state index contributed by atoms with van der Waals surface area (Å²) in [6, 6.07) is 5.41. The molecule has 0 aliphatic heterocycles. The van der Waals surface area contributed by atoms with E-state index in [0.29, 0.717) is 17.9 Å². The zero-order chi connectivity index (χ0) is 13.0. The van der Waals surface area contributed by atoms with Crippen LogP contribution in [0.4, 0.5) is 0 Å². The monoisotopic (exact) mass is 265 g/mol. The van der Waals surface area contributed by atoms with Gasteiger partial charge in [-0.1, -0.05) is 0 Å². The molecular weight excluding hydrogens is 250 g/mol. The second-order valence-electron chi connectivity index (χ2n) is 3.83. The SMILES string of the molecule is COc1cc(OC)cc(C(O)Cc2cncs2)c1. The third kappa shape index (κ3) is 3.00. The van der Waals surface area contributed by atoms with E-state index in [-0.39, 0.29) is 0 Å². The molecule has 0 saturated carbocycles. The predicted octanol–water partition coefficient (Wildman–Crippen LogP) is 2.44. The molecule has 0 amide bonds. The first-order valence-corrected chi connectivity index (χ1v) is 6.39. The van der Waals surface area contributed by atoms with Gasteiger partial charge in [-0.05, 0) is 17.7 Å². The normalized spacial score (nSPS) is 12.2. The minimum atomic E-state index is -0.588. The van der Waals surface area contributed by atoms with E-state index in [1.165, 1.54) is 11.3 Å². The molecule has 1 N–H and O–H groups in total. The van der Waals surface area contributed by atoms with Crippen molar-refractivity contribution >= 4 is 11.3 Å². The van der Waals surface area contributed by atoms with E-state index in [4.69, 9.17) is 9.47 Å². The van der Waals surface area contributed by atoms with Crippen LogP contribution in [-0.2, 0) is 6.42 Å². The van der Waals surface area contributed by atoms with Crippen molar-refractivity contribution in [3.8, 4) is 11.5 Å². The zero-order valence-corrected chi connectivity index (χ0v) is 11.1. The number of aliphatic hydroxyl groups excluding tert-OH is 1. The molecule has 0 aliphatic rings. The first-order chi connectivity index (χ1) is 8.72. The Kier molecular flexibility index (Phi) is 4.17. The number of rotatable bonds is 5. The van der Waals surface area contributed by atoms with Crippen molar-refractivity contribution in [2.45, 2.75) is 12.5 Å². The molecule has 1 unspecified atom stereocenters. The molecule has 5 heteroatoms. The smallest absolute Gasteiger partial charge is 0.122 e. The Morgan fingerprint density at radius 1 is 1.22 bits per heavy atom. The molecular formula is C13H15NO3S. The van der Waals surface area contributed by atoms with Crippen LogP contribution < -0.4 is 9.47 Å². The lowest BCUT2D eigenvalue weighted by molar-refractivity contribution is 0.178. The molecule has 1 atom stereocenters. The highest BCUT2D eigenvalue weighted by molar-refractivity contribution is 7.09. The number of hydrogen-bond acceptors (Lipinski definition) is 5. The summed E-state index contributed by atoms with van der Waals surface area (Å²) in [5.74, 6) is 1.35. The molecule has 0 radical (unpaired) electrons. The third-order valence-corrected chi connectivity index (χ3v) is 3.44. The van der Waals surface area contributed by atoms with E-state index in [0.717, 1.165) is 10.4 Å². The van der Waals surface area contributed by atoms with Crippen LogP contribution in [0.25, 0.3) is 0 Å². The highest BCUT2D eigenvalue weighted by Gasteiger charge is 2.12. The summed E-state index contributed by atoms with van der Waals surface area (Å²) in [7, 11) is 3.18. The van der Waals surface area contributed by atoms with E-state index in [1.807, 2.05) is 12.1 Å². The quantitative estimate of drug-likeness (QED) is 0.902. The van der Waals surface area contributed by atoms with Crippen molar-refractivity contribution in [1.82, 2.24) is 4.98 Å². The number of aliphatic hydroxyl groups is 1. The van der Waals surface area contributed by atoms with Crippen LogP contribution in [0.5, 0.6) is 11.5 Å². The molecule has 0 saturated heterocycles. The molecule has 2 aromatic rings. The van der Waals surface area contributed by atoms with E-state index >= 15 is 0 Å². The van der Waals surface area contributed by atoms with Gasteiger partial charge in [0.2, 0.25) is 0 Å². The summed E-state index contributed by atoms with van der Waals surface area (Å²) >= 11 is 1.53. The number of benzene rings is 1. The average Bonchev–Trinajstić information content (AvgIpc) is 2.90. The summed E-state index contributed by atoms with van der Waals surface area (Å²) in [4.78, 5) is 5.04. The van der Waals surface area contributed by atoms with E-state index in [1.54, 1.807) is 32.0 Å².